The van der Waals surface area contributed by atoms with E-state index in [0.717, 1.165) is 37.0 Å². The first-order valence-electron chi connectivity index (χ1n) is 6.74. The molecule has 1 aliphatic heterocycles. The summed E-state index contributed by atoms with van der Waals surface area (Å²) in [6.07, 6.45) is 1.82. The fourth-order valence-electron chi connectivity index (χ4n) is 2.54. The Bertz CT molecular complexity index is 635. The molecule has 0 unspecified atom stereocenters. The molecule has 7 heteroatoms. The molecule has 110 valence electrons. The molecule has 1 saturated heterocycles. The van der Waals surface area contributed by atoms with E-state index in [1.807, 2.05) is 17.6 Å². The number of hydrogen-bond acceptors (Lipinski definition) is 6. The molecule has 2 aromatic rings. The van der Waals surface area contributed by atoms with Gasteiger partial charge in [-0.3, -0.25) is 4.79 Å². The number of rotatable bonds is 3. The van der Waals surface area contributed by atoms with Gasteiger partial charge < -0.3 is 21.3 Å². The number of aromatic nitrogens is 1. The second-order valence-electron chi connectivity index (χ2n) is 4.93. The second kappa shape index (κ2) is 5.61. The van der Waals surface area contributed by atoms with Gasteiger partial charge in [-0.25, -0.2) is 4.98 Å². The number of hydrogen-bond donors (Lipinski definition) is 2. The van der Waals surface area contributed by atoms with Crippen LogP contribution in [-0.4, -0.2) is 37.1 Å². The maximum Gasteiger partial charge on any atom is 0.250 e. The first kappa shape index (κ1) is 13.7. The number of amides is 1. The van der Waals surface area contributed by atoms with Crippen molar-refractivity contribution in [1.82, 2.24) is 4.98 Å². The highest BCUT2D eigenvalue weighted by molar-refractivity contribution is 7.13. The summed E-state index contributed by atoms with van der Waals surface area (Å²) in [5, 5.41) is 3.02. The summed E-state index contributed by atoms with van der Waals surface area (Å²) < 4.78 is 0. The SMILES string of the molecule is NC(=O)c1cc(N)ccc1N1CCN(c2nccs2)CC1. The largest absolute Gasteiger partial charge is 0.399 e. The van der Waals surface area contributed by atoms with Crippen LogP contribution >= 0.6 is 11.3 Å². The van der Waals surface area contributed by atoms with Crippen molar-refractivity contribution in [2.45, 2.75) is 0 Å². The fraction of sp³-hybridized carbons (Fsp3) is 0.286. The Hall–Kier alpha value is -2.28. The molecule has 0 aliphatic carbocycles. The van der Waals surface area contributed by atoms with Crippen LogP contribution in [0, 0.1) is 0 Å². The van der Waals surface area contributed by atoms with Crippen LogP contribution in [0.25, 0.3) is 0 Å². The first-order valence-corrected chi connectivity index (χ1v) is 7.62. The van der Waals surface area contributed by atoms with E-state index in [1.165, 1.54) is 0 Å². The number of nitrogens with two attached hydrogens (primary N) is 2. The van der Waals surface area contributed by atoms with E-state index >= 15 is 0 Å². The zero-order chi connectivity index (χ0) is 14.8. The Balaban J connectivity index is 1.76. The maximum atomic E-state index is 11.6. The third-order valence-electron chi connectivity index (χ3n) is 3.60. The number of nitrogens with zero attached hydrogens (tertiary/aromatic N) is 3. The minimum Gasteiger partial charge on any atom is -0.399 e. The molecular formula is C14H17N5OS. The minimum absolute atomic E-state index is 0.445. The maximum absolute atomic E-state index is 11.6. The first-order chi connectivity index (χ1) is 10.1. The van der Waals surface area contributed by atoms with Gasteiger partial charge in [0.15, 0.2) is 5.13 Å². The summed E-state index contributed by atoms with van der Waals surface area (Å²) in [5.41, 5.74) is 13.1. The number of piperazine rings is 1. The van der Waals surface area contributed by atoms with Crippen LogP contribution in [0.15, 0.2) is 29.8 Å². The lowest BCUT2D eigenvalue weighted by molar-refractivity contribution is 0.100. The van der Waals surface area contributed by atoms with Gasteiger partial charge in [0.25, 0.3) is 5.91 Å². The summed E-state index contributed by atoms with van der Waals surface area (Å²) in [6.45, 7) is 3.39. The number of carbonyl (C=O) groups excluding carboxylic acids is 1. The van der Waals surface area contributed by atoms with Crippen molar-refractivity contribution in [2.75, 3.05) is 41.7 Å². The molecular weight excluding hydrogens is 286 g/mol. The Labute approximate surface area is 127 Å². The molecule has 21 heavy (non-hydrogen) atoms. The van der Waals surface area contributed by atoms with Crippen LogP contribution in [0.4, 0.5) is 16.5 Å². The predicted molar refractivity (Wildman–Crippen MR) is 85.9 cm³/mol. The van der Waals surface area contributed by atoms with Crippen LogP contribution in [0.5, 0.6) is 0 Å². The van der Waals surface area contributed by atoms with Crippen LogP contribution < -0.4 is 21.3 Å². The molecule has 1 aliphatic rings. The van der Waals surface area contributed by atoms with Crippen molar-refractivity contribution < 1.29 is 4.79 Å². The standard InChI is InChI=1S/C14H17N5OS/c15-10-1-2-12(11(9-10)13(16)20)18-4-6-19(7-5-18)14-17-3-8-21-14/h1-3,8-9H,4-7,15H2,(H2,16,20). The minimum atomic E-state index is -0.445. The number of thiazole rings is 1. The van der Waals surface area contributed by atoms with Gasteiger partial charge in [0, 0.05) is 49.1 Å². The number of nitrogen functional groups attached to an aromatic ring is 1. The van der Waals surface area contributed by atoms with E-state index in [0.29, 0.717) is 11.3 Å². The highest BCUT2D eigenvalue weighted by Gasteiger charge is 2.22. The zero-order valence-electron chi connectivity index (χ0n) is 11.5. The number of carbonyl (C=O) groups is 1. The van der Waals surface area contributed by atoms with Crippen LogP contribution in [-0.2, 0) is 0 Å². The molecule has 1 aromatic carbocycles. The summed E-state index contributed by atoms with van der Waals surface area (Å²) in [5.74, 6) is -0.445. The molecule has 0 spiro atoms. The molecule has 0 saturated carbocycles. The monoisotopic (exact) mass is 303 g/mol. The van der Waals surface area contributed by atoms with Gasteiger partial charge in [-0.2, -0.15) is 0 Å². The van der Waals surface area contributed by atoms with Crippen LogP contribution in [0.3, 0.4) is 0 Å². The number of anilines is 3. The normalized spacial score (nSPS) is 15.2. The lowest BCUT2D eigenvalue weighted by Gasteiger charge is -2.36. The average molecular weight is 303 g/mol. The van der Waals surface area contributed by atoms with Crippen molar-refractivity contribution in [2.24, 2.45) is 5.73 Å². The summed E-state index contributed by atoms with van der Waals surface area (Å²) in [7, 11) is 0. The van der Waals surface area contributed by atoms with E-state index < -0.39 is 5.91 Å². The quantitative estimate of drug-likeness (QED) is 0.830. The molecule has 2 heterocycles. The van der Waals surface area contributed by atoms with Crippen LogP contribution in [0.2, 0.25) is 0 Å². The molecule has 3 rings (SSSR count). The molecule has 0 radical (unpaired) electrons. The molecule has 0 bridgehead atoms. The second-order valence-corrected chi connectivity index (χ2v) is 5.80. The van der Waals surface area contributed by atoms with Gasteiger partial charge in [0.2, 0.25) is 0 Å². The smallest absolute Gasteiger partial charge is 0.250 e. The molecule has 6 nitrogen and oxygen atoms in total. The van der Waals surface area contributed by atoms with Gasteiger partial charge >= 0.3 is 0 Å². The van der Waals surface area contributed by atoms with Crippen molar-refractivity contribution in [3.63, 3.8) is 0 Å². The molecule has 4 N–H and O–H groups in total. The lowest BCUT2D eigenvalue weighted by atomic mass is 10.1. The zero-order valence-corrected chi connectivity index (χ0v) is 12.3. The van der Waals surface area contributed by atoms with Gasteiger partial charge in [0.1, 0.15) is 0 Å². The number of benzene rings is 1. The number of primary amides is 1. The van der Waals surface area contributed by atoms with E-state index in [1.54, 1.807) is 23.5 Å². The van der Waals surface area contributed by atoms with Gasteiger partial charge in [-0.1, -0.05) is 0 Å². The molecule has 1 aromatic heterocycles. The van der Waals surface area contributed by atoms with Crippen molar-refractivity contribution in [1.29, 1.82) is 0 Å². The Morgan fingerprint density at radius 1 is 1.19 bits per heavy atom. The third-order valence-corrected chi connectivity index (χ3v) is 4.43. The predicted octanol–water partition coefficient (Wildman–Crippen LogP) is 1.15. The van der Waals surface area contributed by atoms with E-state index in [-0.39, 0.29) is 0 Å². The van der Waals surface area contributed by atoms with E-state index in [9.17, 15) is 4.79 Å². The molecule has 1 fully saturated rings. The van der Waals surface area contributed by atoms with Crippen molar-refractivity contribution in [3.05, 3.63) is 35.3 Å². The highest BCUT2D eigenvalue weighted by atomic mass is 32.1. The van der Waals surface area contributed by atoms with Gasteiger partial charge in [-0.15, -0.1) is 11.3 Å². The van der Waals surface area contributed by atoms with E-state index in [4.69, 9.17) is 11.5 Å². The summed E-state index contributed by atoms with van der Waals surface area (Å²) >= 11 is 1.64. The van der Waals surface area contributed by atoms with Crippen molar-refractivity contribution >= 4 is 33.8 Å². The fourth-order valence-corrected chi connectivity index (χ4v) is 3.23. The lowest BCUT2D eigenvalue weighted by Crippen LogP contribution is -2.47. The Morgan fingerprint density at radius 2 is 1.90 bits per heavy atom. The molecule has 1 amide bonds. The highest BCUT2D eigenvalue weighted by Crippen LogP contribution is 2.26. The van der Waals surface area contributed by atoms with Gasteiger partial charge in [0.05, 0.1) is 5.56 Å². The average Bonchev–Trinajstić information content (AvgIpc) is 3.01. The van der Waals surface area contributed by atoms with Crippen molar-refractivity contribution in [3.8, 4) is 0 Å². The summed E-state index contributed by atoms with van der Waals surface area (Å²) in [4.78, 5) is 20.3. The van der Waals surface area contributed by atoms with Crippen LogP contribution in [0.1, 0.15) is 10.4 Å². The topological polar surface area (TPSA) is 88.5 Å². The Morgan fingerprint density at radius 3 is 2.52 bits per heavy atom. The summed E-state index contributed by atoms with van der Waals surface area (Å²) in [6, 6.07) is 5.31. The van der Waals surface area contributed by atoms with E-state index in [2.05, 4.69) is 14.8 Å². The third kappa shape index (κ3) is 2.78. The Kier molecular flexibility index (Phi) is 3.66. The molecule has 0 atom stereocenters. The van der Waals surface area contributed by atoms with Gasteiger partial charge in [-0.05, 0) is 18.2 Å².